The van der Waals surface area contributed by atoms with Crippen LogP contribution < -0.4 is 14.8 Å². The Labute approximate surface area is 216 Å². The molecule has 2 aliphatic carbocycles. The van der Waals surface area contributed by atoms with E-state index in [0.29, 0.717) is 40.3 Å². The predicted molar refractivity (Wildman–Crippen MR) is 137 cm³/mol. The van der Waals surface area contributed by atoms with Gasteiger partial charge in [-0.1, -0.05) is 24.3 Å². The first kappa shape index (κ1) is 25.1. The average molecular weight is 506 g/mol. The highest BCUT2D eigenvalue weighted by Crippen LogP contribution is 2.47. The van der Waals surface area contributed by atoms with Crippen LogP contribution in [0.4, 0.5) is 4.39 Å². The van der Waals surface area contributed by atoms with Gasteiger partial charge in [-0.3, -0.25) is 4.79 Å². The van der Waals surface area contributed by atoms with Gasteiger partial charge in [0.15, 0.2) is 17.3 Å². The fraction of sp³-hybridized carbons (Fsp3) is 0.400. The summed E-state index contributed by atoms with van der Waals surface area (Å²) in [7, 11) is 3.16. The largest absolute Gasteiger partial charge is 0.493 e. The van der Waals surface area contributed by atoms with Crippen LogP contribution >= 0.6 is 0 Å². The Balaban J connectivity index is 1.54. The molecular weight excluding hydrogens is 473 g/mol. The molecule has 2 aromatic rings. The van der Waals surface area contributed by atoms with Crippen molar-refractivity contribution < 1.29 is 28.2 Å². The Morgan fingerprint density at radius 2 is 1.73 bits per heavy atom. The van der Waals surface area contributed by atoms with E-state index in [1.165, 1.54) is 6.07 Å². The number of ether oxygens (including phenoxy) is 3. The molecule has 194 valence electrons. The number of rotatable bonds is 6. The molecule has 2 aromatic carbocycles. The second-order valence-electron chi connectivity index (χ2n) is 9.96. The van der Waals surface area contributed by atoms with Crippen molar-refractivity contribution in [3.05, 3.63) is 81.9 Å². The van der Waals surface area contributed by atoms with E-state index >= 15 is 4.39 Å². The van der Waals surface area contributed by atoms with Gasteiger partial charge in [-0.05, 0) is 68.7 Å². The molecule has 0 saturated heterocycles. The van der Waals surface area contributed by atoms with Crippen LogP contribution in [-0.4, -0.2) is 32.1 Å². The van der Waals surface area contributed by atoms with E-state index in [4.69, 9.17) is 14.2 Å². The first-order valence-electron chi connectivity index (χ1n) is 12.8. The summed E-state index contributed by atoms with van der Waals surface area (Å²) < 4.78 is 31.8. The van der Waals surface area contributed by atoms with Gasteiger partial charge >= 0.3 is 5.97 Å². The Morgan fingerprint density at radius 1 is 1.00 bits per heavy atom. The summed E-state index contributed by atoms with van der Waals surface area (Å²) in [5.74, 6) is -0.735. The molecule has 0 spiro atoms. The Bertz CT molecular complexity index is 1290. The highest BCUT2D eigenvalue weighted by Gasteiger charge is 2.43. The quantitative estimate of drug-likeness (QED) is 0.509. The molecule has 37 heavy (non-hydrogen) atoms. The minimum absolute atomic E-state index is 0.0976. The fourth-order valence-corrected chi connectivity index (χ4v) is 5.89. The van der Waals surface area contributed by atoms with Crippen molar-refractivity contribution in [3.63, 3.8) is 0 Å². The molecule has 5 rings (SSSR count). The van der Waals surface area contributed by atoms with E-state index in [1.807, 2.05) is 18.2 Å². The summed E-state index contributed by atoms with van der Waals surface area (Å²) in [4.78, 5) is 27.2. The van der Waals surface area contributed by atoms with Crippen molar-refractivity contribution in [2.24, 2.45) is 0 Å². The lowest BCUT2D eigenvalue weighted by Crippen LogP contribution is -2.37. The maximum atomic E-state index is 15.2. The molecule has 1 saturated carbocycles. The van der Waals surface area contributed by atoms with Gasteiger partial charge < -0.3 is 19.5 Å². The number of halogens is 1. The van der Waals surface area contributed by atoms with E-state index in [-0.39, 0.29) is 24.2 Å². The maximum Gasteiger partial charge on any atom is 0.337 e. The highest BCUT2D eigenvalue weighted by molar-refractivity contribution is 6.04. The number of nitrogens with one attached hydrogen (secondary N) is 1. The smallest absolute Gasteiger partial charge is 0.337 e. The van der Waals surface area contributed by atoms with E-state index in [1.54, 1.807) is 39.3 Å². The molecule has 0 aromatic heterocycles. The molecule has 2 atom stereocenters. The highest BCUT2D eigenvalue weighted by atomic mass is 19.1. The van der Waals surface area contributed by atoms with Crippen molar-refractivity contribution in [3.8, 4) is 11.5 Å². The van der Waals surface area contributed by atoms with Crippen LogP contribution in [0.2, 0.25) is 0 Å². The molecule has 0 radical (unpaired) electrons. The number of methoxy groups -OCH3 is 2. The van der Waals surface area contributed by atoms with Crippen LogP contribution in [0.5, 0.6) is 11.5 Å². The zero-order valence-corrected chi connectivity index (χ0v) is 21.4. The number of hydrogen-bond acceptors (Lipinski definition) is 6. The summed E-state index contributed by atoms with van der Waals surface area (Å²) in [6.07, 6.45) is 4.35. The van der Waals surface area contributed by atoms with Gasteiger partial charge in [0, 0.05) is 29.0 Å². The first-order valence-corrected chi connectivity index (χ1v) is 12.8. The number of allylic oxidation sites excluding steroid dienone is 3. The minimum atomic E-state index is -0.815. The van der Waals surface area contributed by atoms with Gasteiger partial charge in [-0.25, -0.2) is 9.18 Å². The van der Waals surface area contributed by atoms with Crippen molar-refractivity contribution >= 4 is 11.8 Å². The lowest BCUT2D eigenvalue weighted by Gasteiger charge is -2.37. The number of benzene rings is 2. The fourth-order valence-electron chi connectivity index (χ4n) is 5.89. The van der Waals surface area contributed by atoms with Gasteiger partial charge in [0.05, 0.1) is 25.7 Å². The van der Waals surface area contributed by atoms with Crippen LogP contribution in [-0.2, 0) is 14.3 Å². The summed E-state index contributed by atoms with van der Waals surface area (Å²) in [6, 6.07) is 12.0. The zero-order chi connectivity index (χ0) is 26.1. The summed E-state index contributed by atoms with van der Waals surface area (Å²) in [5.41, 5.74) is 3.34. The number of carbonyl (C=O) groups is 2. The van der Waals surface area contributed by atoms with Gasteiger partial charge in [0.1, 0.15) is 11.9 Å². The Hall–Kier alpha value is -3.61. The molecule has 1 N–H and O–H groups in total. The average Bonchev–Trinajstić information content (AvgIpc) is 3.40. The molecule has 0 amide bonds. The maximum absolute atomic E-state index is 15.2. The van der Waals surface area contributed by atoms with Crippen LogP contribution in [0.25, 0.3) is 0 Å². The molecular formula is C30H32FNO5. The van der Waals surface area contributed by atoms with Crippen LogP contribution in [0.1, 0.15) is 68.4 Å². The first-order chi connectivity index (χ1) is 17.9. The molecule has 7 heteroatoms. The number of carbonyl (C=O) groups excluding carboxylic acids is 2. The van der Waals surface area contributed by atoms with Crippen molar-refractivity contribution in [2.75, 3.05) is 14.2 Å². The lowest BCUT2D eigenvalue weighted by atomic mass is 9.71. The predicted octanol–water partition coefficient (Wildman–Crippen LogP) is 5.69. The SMILES string of the molecule is COc1ccc([C@H]2CC(=O)C3=C(C2)NC(C)=C(C(=O)OC2CCCC2)[C@@H]3c2ccccc2F)cc1OC. The van der Waals surface area contributed by atoms with Gasteiger partial charge in [-0.15, -0.1) is 0 Å². The number of hydrogen-bond donors (Lipinski definition) is 1. The third kappa shape index (κ3) is 4.75. The zero-order valence-electron chi connectivity index (χ0n) is 21.4. The normalized spacial score (nSPS) is 22.0. The number of ketones is 1. The second kappa shape index (κ2) is 10.4. The van der Waals surface area contributed by atoms with E-state index in [0.717, 1.165) is 36.9 Å². The minimum Gasteiger partial charge on any atom is -0.493 e. The molecule has 1 aliphatic heterocycles. The topological polar surface area (TPSA) is 73.9 Å². The standard InChI is InChI=1S/C30H32FNO5/c1-17-27(30(34)37-20-8-4-5-9-20)28(21-10-6-7-11-22(21)31)29-23(32-17)14-19(15-24(29)33)18-12-13-25(35-2)26(16-18)36-3/h6-7,10-13,16,19-20,28,32H,4-5,8-9,14-15H2,1-3H3/t19-,28+/m1/s1. The van der Waals surface area contributed by atoms with Crippen LogP contribution in [0, 0.1) is 5.82 Å². The molecule has 1 fully saturated rings. The second-order valence-corrected chi connectivity index (χ2v) is 9.96. The summed E-state index contributed by atoms with van der Waals surface area (Å²) in [5, 5.41) is 3.33. The Kier molecular flexibility index (Phi) is 7.04. The number of dihydropyridines is 1. The van der Waals surface area contributed by atoms with Crippen LogP contribution in [0.15, 0.2) is 65.0 Å². The molecule has 0 bridgehead atoms. The molecule has 1 heterocycles. The third-order valence-electron chi connectivity index (χ3n) is 7.72. The third-order valence-corrected chi connectivity index (χ3v) is 7.72. The van der Waals surface area contributed by atoms with Gasteiger partial charge in [0.25, 0.3) is 0 Å². The van der Waals surface area contributed by atoms with Gasteiger partial charge in [0.2, 0.25) is 0 Å². The van der Waals surface area contributed by atoms with Crippen LogP contribution in [0.3, 0.4) is 0 Å². The Morgan fingerprint density at radius 3 is 2.43 bits per heavy atom. The monoisotopic (exact) mass is 505 g/mol. The molecule has 0 unspecified atom stereocenters. The van der Waals surface area contributed by atoms with Crippen molar-refractivity contribution in [1.82, 2.24) is 5.32 Å². The lowest BCUT2D eigenvalue weighted by molar-refractivity contribution is -0.144. The molecule has 3 aliphatic rings. The summed E-state index contributed by atoms with van der Waals surface area (Å²) in [6.45, 7) is 1.80. The number of esters is 1. The summed E-state index contributed by atoms with van der Waals surface area (Å²) >= 11 is 0. The van der Waals surface area contributed by atoms with E-state index < -0.39 is 17.7 Å². The van der Waals surface area contributed by atoms with Crippen molar-refractivity contribution in [2.45, 2.75) is 63.4 Å². The van der Waals surface area contributed by atoms with Crippen molar-refractivity contribution in [1.29, 1.82) is 0 Å². The van der Waals surface area contributed by atoms with E-state index in [2.05, 4.69) is 5.32 Å². The molecule has 6 nitrogen and oxygen atoms in total. The van der Waals surface area contributed by atoms with E-state index in [9.17, 15) is 9.59 Å². The number of Topliss-reactive ketones (excluding diaryl/α,β-unsaturated/α-hetero) is 1. The van der Waals surface area contributed by atoms with Gasteiger partial charge in [-0.2, -0.15) is 0 Å².